The van der Waals surface area contributed by atoms with Gasteiger partial charge in [-0.1, -0.05) is 6.92 Å². The monoisotopic (exact) mass is 251 g/mol. The Morgan fingerprint density at radius 2 is 2.28 bits per heavy atom. The van der Waals surface area contributed by atoms with Crippen molar-refractivity contribution in [3.63, 3.8) is 0 Å². The SMILES string of the molecule is CCC(C)N(C)CCNC(=O)c1c[nH]ccc1=O. The molecular weight excluding hydrogens is 230 g/mol. The Hall–Kier alpha value is -1.62. The van der Waals surface area contributed by atoms with E-state index in [1.54, 1.807) is 0 Å². The van der Waals surface area contributed by atoms with Crippen molar-refractivity contribution in [2.75, 3.05) is 20.1 Å². The van der Waals surface area contributed by atoms with Gasteiger partial charge in [-0.15, -0.1) is 0 Å². The molecule has 1 unspecified atom stereocenters. The first-order valence-electron chi connectivity index (χ1n) is 6.21. The zero-order valence-corrected chi connectivity index (χ0v) is 11.2. The van der Waals surface area contributed by atoms with Crippen molar-refractivity contribution < 1.29 is 4.79 Å². The van der Waals surface area contributed by atoms with Crippen LogP contribution in [0.4, 0.5) is 0 Å². The van der Waals surface area contributed by atoms with Gasteiger partial charge in [-0.25, -0.2) is 0 Å². The van der Waals surface area contributed by atoms with Crippen LogP contribution in [-0.4, -0.2) is 42.0 Å². The van der Waals surface area contributed by atoms with Crippen LogP contribution in [-0.2, 0) is 0 Å². The first-order valence-corrected chi connectivity index (χ1v) is 6.21. The van der Waals surface area contributed by atoms with Crippen molar-refractivity contribution >= 4 is 5.91 Å². The van der Waals surface area contributed by atoms with E-state index < -0.39 is 0 Å². The van der Waals surface area contributed by atoms with Gasteiger partial charge in [0.25, 0.3) is 5.91 Å². The summed E-state index contributed by atoms with van der Waals surface area (Å²) >= 11 is 0. The molecule has 18 heavy (non-hydrogen) atoms. The van der Waals surface area contributed by atoms with Crippen LogP contribution in [0.25, 0.3) is 0 Å². The standard InChI is InChI=1S/C13H21N3O2/c1-4-10(2)16(3)8-7-15-13(18)11-9-14-6-5-12(11)17/h5-6,9-10H,4,7-8H2,1-3H3,(H,14,17)(H,15,18). The fourth-order valence-electron chi connectivity index (χ4n) is 1.57. The molecule has 0 aliphatic carbocycles. The van der Waals surface area contributed by atoms with Gasteiger partial charge in [-0.05, 0) is 20.4 Å². The summed E-state index contributed by atoms with van der Waals surface area (Å²) in [6, 6.07) is 1.84. The highest BCUT2D eigenvalue weighted by Crippen LogP contribution is 1.98. The second kappa shape index (κ2) is 6.96. The number of nitrogens with zero attached hydrogens (tertiary/aromatic N) is 1. The number of aromatic amines is 1. The lowest BCUT2D eigenvalue weighted by Crippen LogP contribution is -2.38. The van der Waals surface area contributed by atoms with Crippen LogP contribution in [0.1, 0.15) is 30.6 Å². The fraction of sp³-hybridized carbons (Fsp3) is 0.538. The maximum absolute atomic E-state index is 11.7. The van der Waals surface area contributed by atoms with Crippen LogP contribution in [0.2, 0.25) is 0 Å². The van der Waals surface area contributed by atoms with E-state index in [-0.39, 0.29) is 16.9 Å². The molecule has 1 aromatic heterocycles. The van der Waals surface area contributed by atoms with Gasteiger partial charge in [-0.3, -0.25) is 9.59 Å². The quantitative estimate of drug-likeness (QED) is 0.787. The highest BCUT2D eigenvalue weighted by molar-refractivity contribution is 5.93. The molecule has 0 aliphatic rings. The van der Waals surface area contributed by atoms with Crippen LogP contribution in [0, 0.1) is 0 Å². The lowest BCUT2D eigenvalue weighted by atomic mass is 10.2. The average Bonchev–Trinajstić information content (AvgIpc) is 2.37. The van der Waals surface area contributed by atoms with Crippen molar-refractivity contribution in [2.24, 2.45) is 0 Å². The van der Waals surface area contributed by atoms with Crippen molar-refractivity contribution in [1.82, 2.24) is 15.2 Å². The van der Waals surface area contributed by atoms with Crippen molar-refractivity contribution in [3.8, 4) is 0 Å². The minimum Gasteiger partial charge on any atom is -0.367 e. The van der Waals surface area contributed by atoms with Crippen molar-refractivity contribution in [1.29, 1.82) is 0 Å². The topological polar surface area (TPSA) is 65.2 Å². The Morgan fingerprint density at radius 1 is 1.56 bits per heavy atom. The lowest BCUT2D eigenvalue weighted by molar-refractivity contribution is 0.0946. The van der Waals surface area contributed by atoms with Crippen molar-refractivity contribution in [2.45, 2.75) is 26.3 Å². The summed E-state index contributed by atoms with van der Waals surface area (Å²) in [4.78, 5) is 28.1. The van der Waals surface area contributed by atoms with Crippen LogP contribution in [0.3, 0.4) is 0 Å². The van der Waals surface area contributed by atoms with E-state index in [4.69, 9.17) is 0 Å². The summed E-state index contributed by atoms with van der Waals surface area (Å²) < 4.78 is 0. The lowest BCUT2D eigenvalue weighted by Gasteiger charge is -2.23. The molecule has 1 aromatic rings. The van der Waals surface area contributed by atoms with Gasteiger partial charge in [0.2, 0.25) is 0 Å². The van der Waals surface area contributed by atoms with E-state index >= 15 is 0 Å². The van der Waals surface area contributed by atoms with Crippen molar-refractivity contribution in [3.05, 3.63) is 34.2 Å². The Kier molecular flexibility index (Phi) is 5.58. The number of amides is 1. The largest absolute Gasteiger partial charge is 0.367 e. The first-order chi connectivity index (χ1) is 8.56. The zero-order chi connectivity index (χ0) is 13.5. The van der Waals surface area contributed by atoms with E-state index in [1.165, 1.54) is 18.5 Å². The third kappa shape index (κ3) is 4.00. The van der Waals surface area contributed by atoms with E-state index in [9.17, 15) is 9.59 Å². The van der Waals surface area contributed by atoms with Gasteiger partial charge in [0, 0.05) is 37.6 Å². The number of pyridine rings is 1. The molecule has 0 spiro atoms. The number of rotatable bonds is 6. The number of H-pyrrole nitrogens is 1. The summed E-state index contributed by atoms with van der Waals surface area (Å²) in [7, 11) is 2.02. The number of carbonyl (C=O) groups is 1. The molecule has 1 atom stereocenters. The minimum atomic E-state index is -0.325. The molecule has 0 bridgehead atoms. The Bertz CT molecular complexity index is 442. The second-order valence-electron chi connectivity index (χ2n) is 4.42. The van der Waals surface area contributed by atoms with E-state index in [2.05, 4.69) is 29.0 Å². The first kappa shape index (κ1) is 14.4. The van der Waals surface area contributed by atoms with E-state index in [0.29, 0.717) is 12.6 Å². The molecule has 5 nitrogen and oxygen atoms in total. The Morgan fingerprint density at radius 3 is 2.89 bits per heavy atom. The summed E-state index contributed by atoms with van der Waals surface area (Å²) in [5.41, 5.74) is -0.106. The molecule has 1 heterocycles. The van der Waals surface area contributed by atoms with Crippen LogP contribution in [0.5, 0.6) is 0 Å². The van der Waals surface area contributed by atoms with Gasteiger partial charge >= 0.3 is 0 Å². The molecule has 1 amide bonds. The summed E-state index contributed by atoms with van der Waals surface area (Å²) in [5, 5.41) is 2.75. The van der Waals surface area contributed by atoms with Gasteiger partial charge in [0.15, 0.2) is 5.43 Å². The van der Waals surface area contributed by atoms with Gasteiger partial charge < -0.3 is 15.2 Å². The molecule has 100 valence electrons. The maximum atomic E-state index is 11.7. The zero-order valence-electron chi connectivity index (χ0n) is 11.2. The predicted molar refractivity (Wildman–Crippen MR) is 71.8 cm³/mol. The molecule has 5 heteroatoms. The van der Waals surface area contributed by atoms with Gasteiger partial charge in [0.1, 0.15) is 5.56 Å². The maximum Gasteiger partial charge on any atom is 0.256 e. The molecule has 0 radical (unpaired) electrons. The fourth-order valence-corrected chi connectivity index (χ4v) is 1.57. The van der Waals surface area contributed by atoms with Gasteiger partial charge in [0.05, 0.1) is 0 Å². The highest BCUT2D eigenvalue weighted by Gasteiger charge is 2.10. The number of hydrogen-bond acceptors (Lipinski definition) is 3. The molecule has 0 saturated carbocycles. The molecule has 0 aliphatic heterocycles. The molecule has 1 rings (SSSR count). The Balaban J connectivity index is 2.43. The number of likely N-dealkylation sites (N-methyl/N-ethyl adjacent to an activating group) is 1. The summed E-state index contributed by atoms with van der Waals surface area (Å²) in [6.45, 7) is 5.58. The van der Waals surface area contributed by atoms with Gasteiger partial charge in [-0.2, -0.15) is 0 Å². The highest BCUT2D eigenvalue weighted by atomic mass is 16.2. The van der Waals surface area contributed by atoms with E-state index in [1.807, 2.05) is 7.05 Å². The molecule has 0 fully saturated rings. The Labute approximate surface area is 107 Å². The number of nitrogens with one attached hydrogen (secondary N) is 2. The van der Waals surface area contributed by atoms with Crippen LogP contribution < -0.4 is 10.7 Å². The third-order valence-electron chi connectivity index (χ3n) is 3.16. The number of hydrogen-bond donors (Lipinski definition) is 2. The number of aromatic nitrogens is 1. The summed E-state index contributed by atoms with van der Waals surface area (Å²) in [6.07, 6.45) is 4.01. The summed E-state index contributed by atoms with van der Waals surface area (Å²) in [5.74, 6) is -0.325. The van der Waals surface area contributed by atoms with Crippen LogP contribution >= 0.6 is 0 Å². The second-order valence-corrected chi connectivity index (χ2v) is 4.42. The molecular formula is C13H21N3O2. The minimum absolute atomic E-state index is 0.156. The number of carbonyl (C=O) groups excluding carboxylic acids is 1. The smallest absolute Gasteiger partial charge is 0.256 e. The third-order valence-corrected chi connectivity index (χ3v) is 3.16. The predicted octanol–water partition coefficient (Wildman–Crippen LogP) is 0.835. The molecule has 0 saturated heterocycles. The normalized spacial score (nSPS) is 12.4. The van der Waals surface area contributed by atoms with Crippen LogP contribution in [0.15, 0.2) is 23.3 Å². The average molecular weight is 251 g/mol. The molecule has 2 N–H and O–H groups in total. The molecule has 0 aromatic carbocycles. The van der Waals surface area contributed by atoms with E-state index in [0.717, 1.165) is 13.0 Å².